The van der Waals surface area contributed by atoms with Gasteiger partial charge in [-0.2, -0.15) is 10.2 Å². The van der Waals surface area contributed by atoms with E-state index in [9.17, 15) is 9.65 Å². The van der Waals surface area contributed by atoms with Crippen molar-refractivity contribution in [3.05, 3.63) is 59.0 Å². The van der Waals surface area contributed by atoms with Gasteiger partial charge in [0.15, 0.2) is 0 Å². The van der Waals surface area contributed by atoms with Gasteiger partial charge in [-0.1, -0.05) is 5.16 Å². The molecule has 0 aliphatic heterocycles. The van der Waals surface area contributed by atoms with Crippen LogP contribution in [0.4, 0.5) is 10.1 Å². The van der Waals surface area contributed by atoms with E-state index in [0.717, 1.165) is 23.5 Å². The summed E-state index contributed by atoms with van der Waals surface area (Å²) in [5.74, 6) is 0.663. The molecule has 1 N–H and O–H groups in total. The third-order valence-electron chi connectivity index (χ3n) is 3.89. The molecule has 1 aromatic carbocycles. The summed E-state index contributed by atoms with van der Waals surface area (Å²) in [6, 6.07) is 10.0. The van der Waals surface area contributed by atoms with E-state index >= 15 is 0 Å². The lowest BCUT2D eigenvalue weighted by Crippen LogP contribution is -2.07. The Balaban J connectivity index is 1.57. The summed E-state index contributed by atoms with van der Waals surface area (Å²) in [4.78, 5) is 8.62. The Labute approximate surface area is 150 Å². The predicted octanol–water partition coefficient (Wildman–Crippen LogP) is 3.80. The van der Waals surface area contributed by atoms with Gasteiger partial charge in [0, 0.05) is 24.2 Å². The number of nitrogens with zero attached hydrogens (tertiary/aromatic N) is 4. The molecule has 26 heavy (non-hydrogen) atoms. The van der Waals surface area contributed by atoms with Crippen LogP contribution in [-0.2, 0) is 6.42 Å². The molecule has 0 unspecified atom stereocenters. The molecule has 132 valence electrons. The monoisotopic (exact) mass is 351 g/mol. The number of nitriles is 1. The van der Waals surface area contributed by atoms with Crippen LogP contribution < -0.4 is 5.32 Å². The van der Waals surface area contributed by atoms with E-state index in [1.807, 2.05) is 19.9 Å². The maximum absolute atomic E-state index is 13.0. The second kappa shape index (κ2) is 7.74. The van der Waals surface area contributed by atoms with Crippen LogP contribution in [0.5, 0.6) is 0 Å². The van der Waals surface area contributed by atoms with Crippen molar-refractivity contribution < 1.29 is 8.91 Å². The van der Waals surface area contributed by atoms with E-state index < -0.39 is 0 Å². The van der Waals surface area contributed by atoms with Crippen LogP contribution >= 0.6 is 0 Å². The Morgan fingerprint density at radius 1 is 1.19 bits per heavy atom. The first kappa shape index (κ1) is 17.5. The van der Waals surface area contributed by atoms with Crippen LogP contribution in [0, 0.1) is 31.0 Å². The smallest absolute Gasteiger partial charge is 0.227 e. The van der Waals surface area contributed by atoms with Crippen LogP contribution in [0.1, 0.15) is 29.3 Å². The maximum Gasteiger partial charge on any atom is 0.227 e. The van der Waals surface area contributed by atoms with Gasteiger partial charge in [-0.05, 0) is 50.6 Å². The summed E-state index contributed by atoms with van der Waals surface area (Å²) in [5.41, 5.74) is 3.64. The third-order valence-corrected chi connectivity index (χ3v) is 3.89. The molecule has 7 heteroatoms. The lowest BCUT2D eigenvalue weighted by molar-refractivity contribution is 0.377. The Morgan fingerprint density at radius 2 is 1.96 bits per heavy atom. The molecule has 0 spiro atoms. The Hall–Kier alpha value is -3.27. The number of hydrogen-bond donors (Lipinski definition) is 1. The SMILES string of the molecule is Cc1cc(NCCCc2nc(-c3ccc(F)cc3)no2)c(C#N)c(C)n1. The van der Waals surface area contributed by atoms with Gasteiger partial charge in [0.05, 0.1) is 16.9 Å². The van der Waals surface area contributed by atoms with Crippen molar-refractivity contribution in [3.8, 4) is 17.5 Å². The number of nitrogens with one attached hydrogen (secondary N) is 1. The fourth-order valence-corrected chi connectivity index (χ4v) is 2.64. The summed E-state index contributed by atoms with van der Waals surface area (Å²) in [6.45, 7) is 4.38. The number of aryl methyl sites for hydroxylation is 3. The molecule has 0 aliphatic rings. The highest BCUT2D eigenvalue weighted by molar-refractivity contribution is 5.59. The molecule has 0 saturated heterocycles. The average molecular weight is 351 g/mol. The highest BCUT2D eigenvalue weighted by Crippen LogP contribution is 2.19. The van der Waals surface area contributed by atoms with E-state index in [2.05, 4.69) is 26.5 Å². The topological polar surface area (TPSA) is 87.6 Å². The first-order valence-electron chi connectivity index (χ1n) is 8.27. The molecule has 0 aliphatic carbocycles. The number of rotatable bonds is 6. The molecule has 2 heterocycles. The van der Waals surface area contributed by atoms with E-state index in [1.54, 1.807) is 12.1 Å². The standard InChI is InChI=1S/C19H18FN5O/c1-12-10-17(16(11-21)13(2)23-12)22-9-3-4-18-24-19(25-26-18)14-5-7-15(20)8-6-14/h5-8,10H,3-4,9H2,1-2H3,(H,22,23). The van der Waals surface area contributed by atoms with E-state index in [4.69, 9.17) is 4.52 Å². The maximum atomic E-state index is 13.0. The summed E-state index contributed by atoms with van der Waals surface area (Å²) in [6.07, 6.45) is 1.36. The molecular weight excluding hydrogens is 333 g/mol. The van der Waals surface area contributed by atoms with Crippen LogP contribution in [-0.4, -0.2) is 21.7 Å². The lowest BCUT2D eigenvalue weighted by atomic mass is 10.1. The van der Waals surface area contributed by atoms with Crippen LogP contribution in [0.2, 0.25) is 0 Å². The van der Waals surface area contributed by atoms with Crippen molar-refractivity contribution >= 4 is 5.69 Å². The minimum atomic E-state index is -0.304. The fraction of sp³-hybridized carbons (Fsp3) is 0.263. The number of anilines is 1. The molecule has 0 saturated carbocycles. The summed E-state index contributed by atoms with van der Waals surface area (Å²) in [5, 5.41) is 16.5. The van der Waals surface area contributed by atoms with Crippen LogP contribution in [0.25, 0.3) is 11.4 Å². The highest BCUT2D eigenvalue weighted by Gasteiger charge is 2.10. The normalized spacial score (nSPS) is 10.5. The zero-order valence-corrected chi connectivity index (χ0v) is 14.6. The molecular formula is C19H18FN5O. The van der Waals surface area contributed by atoms with Crippen LogP contribution in [0.15, 0.2) is 34.9 Å². The average Bonchev–Trinajstić information content (AvgIpc) is 3.08. The number of benzene rings is 1. The van der Waals surface area contributed by atoms with E-state index in [1.165, 1.54) is 12.1 Å². The molecule has 0 bridgehead atoms. The second-order valence-corrected chi connectivity index (χ2v) is 5.93. The van der Waals surface area contributed by atoms with E-state index in [0.29, 0.717) is 35.8 Å². The Bertz CT molecular complexity index is 944. The molecule has 3 rings (SSSR count). The molecule has 0 atom stereocenters. The van der Waals surface area contributed by atoms with Crippen molar-refractivity contribution in [2.24, 2.45) is 0 Å². The minimum absolute atomic E-state index is 0.304. The highest BCUT2D eigenvalue weighted by atomic mass is 19.1. The summed E-state index contributed by atoms with van der Waals surface area (Å²) >= 11 is 0. The van der Waals surface area contributed by atoms with Gasteiger partial charge in [-0.25, -0.2) is 4.39 Å². The van der Waals surface area contributed by atoms with Gasteiger partial charge in [0.25, 0.3) is 0 Å². The molecule has 3 aromatic rings. The van der Waals surface area contributed by atoms with Crippen LogP contribution in [0.3, 0.4) is 0 Å². The molecule has 0 radical (unpaired) electrons. The predicted molar refractivity (Wildman–Crippen MR) is 94.9 cm³/mol. The number of aromatic nitrogens is 3. The summed E-state index contributed by atoms with van der Waals surface area (Å²) in [7, 11) is 0. The Morgan fingerprint density at radius 3 is 2.69 bits per heavy atom. The molecule has 0 fully saturated rings. The van der Waals surface area contributed by atoms with Gasteiger partial charge in [-0.3, -0.25) is 4.98 Å². The van der Waals surface area contributed by atoms with Crippen molar-refractivity contribution in [1.29, 1.82) is 5.26 Å². The van der Waals surface area contributed by atoms with Crippen molar-refractivity contribution in [2.45, 2.75) is 26.7 Å². The quantitative estimate of drug-likeness (QED) is 0.680. The second-order valence-electron chi connectivity index (χ2n) is 5.93. The Kier molecular flexibility index (Phi) is 5.23. The number of halogens is 1. The zero-order chi connectivity index (χ0) is 18.5. The van der Waals surface area contributed by atoms with Gasteiger partial charge in [0.2, 0.25) is 11.7 Å². The lowest BCUT2D eigenvalue weighted by Gasteiger charge is -2.10. The largest absolute Gasteiger partial charge is 0.384 e. The summed E-state index contributed by atoms with van der Waals surface area (Å²) < 4.78 is 18.2. The first-order valence-corrected chi connectivity index (χ1v) is 8.27. The van der Waals surface area contributed by atoms with E-state index in [-0.39, 0.29) is 5.82 Å². The molecule has 2 aromatic heterocycles. The number of pyridine rings is 1. The number of hydrogen-bond acceptors (Lipinski definition) is 6. The van der Waals surface area contributed by atoms with Crippen molar-refractivity contribution in [3.63, 3.8) is 0 Å². The van der Waals surface area contributed by atoms with Crippen molar-refractivity contribution in [2.75, 3.05) is 11.9 Å². The minimum Gasteiger partial charge on any atom is -0.384 e. The van der Waals surface area contributed by atoms with Gasteiger partial charge in [0.1, 0.15) is 11.9 Å². The first-order chi connectivity index (χ1) is 12.6. The molecule has 6 nitrogen and oxygen atoms in total. The molecule has 0 amide bonds. The van der Waals surface area contributed by atoms with Gasteiger partial charge < -0.3 is 9.84 Å². The van der Waals surface area contributed by atoms with Crippen molar-refractivity contribution in [1.82, 2.24) is 15.1 Å². The zero-order valence-electron chi connectivity index (χ0n) is 14.6. The third kappa shape index (κ3) is 4.03. The van der Waals surface area contributed by atoms with Gasteiger partial charge in [-0.15, -0.1) is 0 Å². The van der Waals surface area contributed by atoms with Gasteiger partial charge >= 0.3 is 0 Å². The fourth-order valence-electron chi connectivity index (χ4n) is 2.64.